The number of hydrogen-bond donors (Lipinski definition) is 1. The first-order valence-corrected chi connectivity index (χ1v) is 7.67. The van der Waals surface area contributed by atoms with Gasteiger partial charge in [-0.05, 0) is 24.6 Å². The molecule has 1 N–H and O–H groups in total. The number of benzene rings is 1. The molecule has 3 rings (SSSR count). The molecule has 0 spiro atoms. The van der Waals surface area contributed by atoms with Crippen LogP contribution in [0.15, 0.2) is 48.7 Å². The average molecular weight is 332 g/mol. The Bertz CT molecular complexity index is 644. The molecule has 5 heteroatoms. The molecule has 1 aliphatic heterocycles. The van der Waals surface area contributed by atoms with Crippen LogP contribution in [0.25, 0.3) is 0 Å². The Hall–Kier alpha value is -1.91. The highest BCUT2D eigenvalue weighted by Crippen LogP contribution is 2.15. The minimum atomic E-state index is 0. The van der Waals surface area contributed by atoms with Gasteiger partial charge in [0.2, 0.25) is 5.91 Å². The van der Waals surface area contributed by atoms with Crippen LogP contribution in [0.2, 0.25) is 0 Å². The molecule has 1 amide bonds. The molecule has 1 saturated heterocycles. The van der Waals surface area contributed by atoms with Crippen molar-refractivity contribution in [3.63, 3.8) is 0 Å². The number of hydrogen-bond acceptors (Lipinski definition) is 3. The van der Waals surface area contributed by atoms with Crippen molar-refractivity contribution in [3.8, 4) is 0 Å². The molecular weight excluding hydrogens is 310 g/mol. The summed E-state index contributed by atoms with van der Waals surface area (Å²) >= 11 is 0. The van der Waals surface area contributed by atoms with Crippen LogP contribution in [0.3, 0.4) is 0 Å². The SMILES string of the molecule is Cc1cccc(CN(Cc2ccccn2)C(=O)C2CNC2)c1.Cl. The molecule has 1 aliphatic rings. The predicted octanol–water partition coefficient (Wildman–Crippen LogP) is 2.56. The fraction of sp³-hybridized carbons (Fsp3) is 0.333. The fourth-order valence-electron chi connectivity index (χ4n) is 2.65. The molecule has 0 radical (unpaired) electrons. The van der Waals surface area contributed by atoms with Crippen LogP contribution in [0.1, 0.15) is 16.8 Å². The molecule has 2 aromatic rings. The normalized spacial score (nSPS) is 13.8. The zero-order valence-corrected chi connectivity index (χ0v) is 14.1. The van der Waals surface area contributed by atoms with Crippen molar-refractivity contribution < 1.29 is 4.79 Å². The average Bonchev–Trinajstić information content (AvgIpc) is 2.46. The second-order valence-corrected chi connectivity index (χ2v) is 5.86. The predicted molar refractivity (Wildman–Crippen MR) is 93.3 cm³/mol. The summed E-state index contributed by atoms with van der Waals surface area (Å²) < 4.78 is 0. The number of nitrogens with one attached hydrogen (secondary N) is 1. The van der Waals surface area contributed by atoms with E-state index in [1.54, 1.807) is 6.20 Å². The molecule has 0 unspecified atom stereocenters. The van der Waals surface area contributed by atoms with Gasteiger partial charge >= 0.3 is 0 Å². The van der Waals surface area contributed by atoms with Crippen LogP contribution >= 0.6 is 12.4 Å². The van der Waals surface area contributed by atoms with E-state index < -0.39 is 0 Å². The number of aromatic nitrogens is 1. The highest BCUT2D eigenvalue weighted by molar-refractivity contribution is 5.85. The smallest absolute Gasteiger partial charge is 0.228 e. The van der Waals surface area contributed by atoms with Gasteiger partial charge in [0.1, 0.15) is 0 Å². The highest BCUT2D eigenvalue weighted by atomic mass is 35.5. The second-order valence-electron chi connectivity index (χ2n) is 5.86. The molecule has 122 valence electrons. The summed E-state index contributed by atoms with van der Waals surface area (Å²) in [7, 11) is 0. The maximum absolute atomic E-state index is 12.7. The Morgan fingerprint density at radius 2 is 2.04 bits per heavy atom. The molecule has 0 atom stereocenters. The van der Waals surface area contributed by atoms with Gasteiger partial charge in [0.05, 0.1) is 18.2 Å². The number of rotatable bonds is 5. The molecule has 0 aliphatic carbocycles. The van der Waals surface area contributed by atoms with Crippen LogP contribution in [0, 0.1) is 12.8 Å². The summed E-state index contributed by atoms with van der Waals surface area (Å²) in [6, 6.07) is 14.1. The zero-order chi connectivity index (χ0) is 15.4. The molecule has 1 aromatic heterocycles. The standard InChI is InChI=1S/C18H21N3O.ClH/c1-14-5-4-6-15(9-14)12-21(18(22)16-10-19-11-16)13-17-7-2-3-8-20-17;/h2-9,16,19H,10-13H2,1H3;1H. The fourth-order valence-corrected chi connectivity index (χ4v) is 2.65. The first kappa shape index (κ1) is 17.4. The van der Waals surface area contributed by atoms with Gasteiger partial charge in [0.15, 0.2) is 0 Å². The second kappa shape index (κ2) is 8.09. The Balaban J connectivity index is 0.00000192. The lowest BCUT2D eigenvalue weighted by molar-refractivity contribution is -0.138. The maximum atomic E-state index is 12.7. The van der Waals surface area contributed by atoms with Crippen molar-refractivity contribution in [2.45, 2.75) is 20.0 Å². The van der Waals surface area contributed by atoms with E-state index in [9.17, 15) is 4.79 Å². The van der Waals surface area contributed by atoms with Gasteiger partial charge in [-0.15, -0.1) is 12.4 Å². The minimum absolute atomic E-state index is 0. The number of halogens is 1. The first-order valence-electron chi connectivity index (χ1n) is 7.67. The molecule has 23 heavy (non-hydrogen) atoms. The van der Waals surface area contributed by atoms with Gasteiger partial charge in [-0.25, -0.2) is 0 Å². The van der Waals surface area contributed by atoms with Gasteiger partial charge < -0.3 is 10.2 Å². The van der Waals surface area contributed by atoms with E-state index in [4.69, 9.17) is 0 Å². The summed E-state index contributed by atoms with van der Waals surface area (Å²) in [6.07, 6.45) is 1.77. The van der Waals surface area contributed by atoms with Crippen molar-refractivity contribution >= 4 is 18.3 Å². The summed E-state index contributed by atoms with van der Waals surface area (Å²) in [5, 5.41) is 3.17. The topological polar surface area (TPSA) is 45.2 Å². The van der Waals surface area contributed by atoms with Crippen molar-refractivity contribution in [1.82, 2.24) is 15.2 Å². The number of carbonyl (C=O) groups excluding carboxylic acids is 1. The summed E-state index contributed by atoms with van der Waals surface area (Å²) in [5.41, 5.74) is 3.31. The number of nitrogens with zero attached hydrogens (tertiary/aromatic N) is 2. The van der Waals surface area contributed by atoms with Crippen molar-refractivity contribution in [3.05, 3.63) is 65.5 Å². The van der Waals surface area contributed by atoms with Crippen molar-refractivity contribution in [2.24, 2.45) is 5.92 Å². The monoisotopic (exact) mass is 331 g/mol. The van der Waals surface area contributed by atoms with Gasteiger partial charge in [-0.2, -0.15) is 0 Å². The molecule has 4 nitrogen and oxygen atoms in total. The maximum Gasteiger partial charge on any atom is 0.228 e. The van der Waals surface area contributed by atoms with E-state index in [-0.39, 0.29) is 24.2 Å². The lowest BCUT2D eigenvalue weighted by Crippen LogP contribution is -2.51. The van der Waals surface area contributed by atoms with Gasteiger partial charge in [0, 0.05) is 25.8 Å². The number of carbonyl (C=O) groups is 1. The van der Waals surface area contributed by atoms with Gasteiger partial charge in [0.25, 0.3) is 0 Å². The van der Waals surface area contributed by atoms with Crippen LogP contribution in [-0.4, -0.2) is 28.9 Å². The molecular formula is C18H22ClN3O. The third-order valence-corrected chi connectivity index (χ3v) is 3.98. The zero-order valence-electron chi connectivity index (χ0n) is 13.2. The first-order chi connectivity index (χ1) is 10.7. The largest absolute Gasteiger partial charge is 0.332 e. The van der Waals surface area contributed by atoms with Crippen LogP contribution in [0.4, 0.5) is 0 Å². The van der Waals surface area contributed by atoms with Crippen molar-refractivity contribution in [2.75, 3.05) is 13.1 Å². The van der Waals surface area contributed by atoms with Crippen LogP contribution in [0.5, 0.6) is 0 Å². The van der Waals surface area contributed by atoms with E-state index in [2.05, 4.69) is 35.4 Å². The Morgan fingerprint density at radius 3 is 2.65 bits per heavy atom. The van der Waals surface area contributed by atoms with Crippen LogP contribution in [-0.2, 0) is 17.9 Å². The quantitative estimate of drug-likeness (QED) is 0.916. The van der Waals surface area contributed by atoms with E-state index in [0.29, 0.717) is 13.1 Å². The number of amides is 1. The third-order valence-electron chi connectivity index (χ3n) is 3.98. The molecule has 1 fully saturated rings. The Morgan fingerprint density at radius 1 is 1.22 bits per heavy atom. The summed E-state index contributed by atoms with van der Waals surface area (Å²) in [4.78, 5) is 19.0. The van der Waals surface area contributed by atoms with Gasteiger partial charge in [-0.3, -0.25) is 9.78 Å². The minimum Gasteiger partial charge on any atom is -0.332 e. The Labute approximate surface area is 143 Å². The Kier molecular flexibility index (Phi) is 6.13. The lowest BCUT2D eigenvalue weighted by atomic mass is 10.0. The molecule has 0 bridgehead atoms. The molecule has 0 saturated carbocycles. The van der Waals surface area contributed by atoms with E-state index >= 15 is 0 Å². The molecule has 2 heterocycles. The highest BCUT2D eigenvalue weighted by Gasteiger charge is 2.29. The van der Waals surface area contributed by atoms with E-state index in [0.717, 1.165) is 24.3 Å². The molecule has 1 aromatic carbocycles. The summed E-state index contributed by atoms with van der Waals surface area (Å²) in [5.74, 6) is 0.319. The van der Waals surface area contributed by atoms with Crippen molar-refractivity contribution in [1.29, 1.82) is 0 Å². The van der Waals surface area contributed by atoms with E-state index in [1.165, 1.54) is 5.56 Å². The van der Waals surface area contributed by atoms with Crippen LogP contribution < -0.4 is 5.32 Å². The third kappa shape index (κ3) is 4.53. The van der Waals surface area contributed by atoms with Gasteiger partial charge in [-0.1, -0.05) is 35.9 Å². The lowest BCUT2D eigenvalue weighted by Gasteiger charge is -2.32. The summed E-state index contributed by atoms with van der Waals surface area (Å²) in [6.45, 7) is 4.83. The van der Waals surface area contributed by atoms with E-state index in [1.807, 2.05) is 29.2 Å². The number of pyridine rings is 1. The number of aryl methyl sites for hydroxylation is 1.